The van der Waals surface area contributed by atoms with Crippen LogP contribution in [0.2, 0.25) is 0 Å². The number of nitrogens with one attached hydrogen (secondary N) is 2. The summed E-state index contributed by atoms with van der Waals surface area (Å²) in [6, 6.07) is -0.129. The number of amides is 2. The number of carbonyl (C=O) groups is 1. The van der Waals surface area contributed by atoms with Gasteiger partial charge < -0.3 is 20.6 Å². The molecule has 2 aliphatic carbocycles. The minimum Gasteiger partial charge on any atom is -0.394 e. The average Bonchev–Trinajstić information content (AvgIpc) is 2.94. The molecule has 128 valence electrons. The number of nitrogens with zero attached hydrogens (tertiary/aromatic N) is 1. The summed E-state index contributed by atoms with van der Waals surface area (Å²) in [6.45, 7) is 3.02. The Morgan fingerprint density at radius 3 is 2.45 bits per heavy atom. The predicted molar refractivity (Wildman–Crippen MR) is 88.9 cm³/mol. The van der Waals surface area contributed by atoms with Crippen LogP contribution >= 0.6 is 0 Å². The van der Waals surface area contributed by atoms with Crippen LogP contribution in [0.4, 0.5) is 4.79 Å². The summed E-state index contributed by atoms with van der Waals surface area (Å²) in [5, 5.41) is 15.7. The highest BCUT2D eigenvalue weighted by Gasteiger charge is 2.38. The number of hydrogen-bond donors (Lipinski definition) is 3. The maximum atomic E-state index is 12.3. The van der Waals surface area contributed by atoms with Gasteiger partial charge in [0, 0.05) is 12.1 Å². The minimum absolute atomic E-state index is 0.0380. The van der Waals surface area contributed by atoms with E-state index in [1.165, 1.54) is 12.8 Å². The van der Waals surface area contributed by atoms with Gasteiger partial charge in [0.15, 0.2) is 0 Å². The van der Waals surface area contributed by atoms with E-state index in [0.717, 1.165) is 38.5 Å². The lowest BCUT2D eigenvalue weighted by molar-refractivity contribution is 0.0763. The second kappa shape index (κ2) is 7.18. The Morgan fingerprint density at radius 1 is 1.23 bits per heavy atom. The van der Waals surface area contributed by atoms with Gasteiger partial charge in [0.25, 0.3) is 0 Å². The lowest BCUT2D eigenvalue weighted by Gasteiger charge is -2.45. The van der Waals surface area contributed by atoms with Gasteiger partial charge in [-0.15, -0.1) is 0 Å². The summed E-state index contributed by atoms with van der Waals surface area (Å²) < 4.78 is 0. The Hall–Kier alpha value is -0.810. The van der Waals surface area contributed by atoms with Crippen LogP contribution in [0, 0.1) is 5.92 Å². The van der Waals surface area contributed by atoms with E-state index in [9.17, 15) is 9.90 Å². The van der Waals surface area contributed by atoms with Crippen LogP contribution < -0.4 is 10.6 Å². The van der Waals surface area contributed by atoms with Crippen LogP contribution in [-0.4, -0.2) is 54.4 Å². The summed E-state index contributed by atoms with van der Waals surface area (Å²) in [7, 11) is 4.23. The summed E-state index contributed by atoms with van der Waals surface area (Å²) in [6.07, 6.45) is 8.71. The fourth-order valence-corrected chi connectivity index (χ4v) is 4.26. The first-order chi connectivity index (χ1) is 10.4. The molecule has 0 spiro atoms. The van der Waals surface area contributed by atoms with E-state index in [-0.39, 0.29) is 18.2 Å². The lowest BCUT2D eigenvalue weighted by Crippen LogP contribution is -2.59. The molecule has 0 aromatic heterocycles. The van der Waals surface area contributed by atoms with Gasteiger partial charge >= 0.3 is 6.03 Å². The van der Waals surface area contributed by atoms with Crippen LogP contribution in [0.1, 0.15) is 58.3 Å². The van der Waals surface area contributed by atoms with Crippen molar-refractivity contribution in [3.8, 4) is 0 Å². The Balaban J connectivity index is 1.90. The Bertz CT molecular complexity index is 380. The van der Waals surface area contributed by atoms with E-state index in [0.29, 0.717) is 12.5 Å². The zero-order valence-corrected chi connectivity index (χ0v) is 14.5. The van der Waals surface area contributed by atoms with E-state index >= 15 is 0 Å². The van der Waals surface area contributed by atoms with Gasteiger partial charge in [0.1, 0.15) is 0 Å². The number of carbonyl (C=O) groups excluding carboxylic acids is 1. The molecule has 0 aromatic rings. The molecule has 0 saturated heterocycles. The van der Waals surface area contributed by atoms with Crippen molar-refractivity contribution < 1.29 is 9.90 Å². The quantitative estimate of drug-likeness (QED) is 0.728. The molecule has 2 amide bonds. The first-order valence-electron chi connectivity index (χ1n) is 8.76. The molecule has 5 heteroatoms. The van der Waals surface area contributed by atoms with Gasteiger partial charge in [-0.25, -0.2) is 4.79 Å². The number of aliphatic hydroxyl groups excluding tert-OH is 1. The van der Waals surface area contributed by atoms with Gasteiger partial charge in [0.2, 0.25) is 0 Å². The molecule has 2 atom stereocenters. The maximum absolute atomic E-state index is 12.3. The van der Waals surface area contributed by atoms with Crippen molar-refractivity contribution in [1.82, 2.24) is 15.5 Å². The summed E-state index contributed by atoms with van der Waals surface area (Å²) in [5.41, 5.74) is -0.327. The standard InChI is InChI=1S/C17H33N3O2/c1-14-7-6-10-17(11-14,20(2)3)12-18-15(22)19-16(13-21)8-4-5-9-16/h14,21H,4-13H2,1-3H3,(H2,18,19,22). The fraction of sp³-hybridized carbons (Fsp3) is 0.941. The molecule has 2 fully saturated rings. The van der Waals surface area contributed by atoms with Crippen LogP contribution in [0.3, 0.4) is 0 Å². The number of hydrogen-bond acceptors (Lipinski definition) is 3. The van der Waals surface area contributed by atoms with Gasteiger partial charge in [0.05, 0.1) is 12.1 Å². The summed E-state index contributed by atoms with van der Waals surface area (Å²) in [5.74, 6) is 0.708. The lowest BCUT2D eigenvalue weighted by atomic mass is 9.75. The van der Waals surface area contributed by atoms with E-state index in [1.54, 1.807) is 0 Å². The number of urea groups is 1. The maximum Gasteiger partial charge on any atom is 0.315 e. The van der Waals surface area contributed by atoms with Gasteiger partial charge in [-0.3, -0.25) is 0 Å². The van der Waals surface area contributed by atoms with Crippen molar-refractivity contribution >= 4 is 6.03 Å². The molecule has 2 saturated carbocycles. The minimum atomic E-state index is -0.394. The van der Waals surface area contributed by atoms with Crippen LogP contribution in [0.25, 0.3) is 0 Å². The zero-order valence-electron chi connectivity index (χ0n) is 14.5. The third-order valence-electron chi connectivity index (χ3n) is 5.84. The van der Waals surface area contributed by atoms with Crippen molar-refractivity contribution in [2.24, 2.45) is 5.92 Å². The number of likely N-dealkylation sites (N-methyl/N-ethyl adjacent to an activating group) is 1. The SMILES string of the molecule is CC1CCCC(CNC(=O)NC2(CO)CCCC2)(N(C)C)C1. The van der Waals surface area contributed by atoms with Crippen molar-refractivity contribution in [2.75, 3.05) is 27.2 Å². The average molecular weight is 311 g/mol. The van der Waals surface area contributed by atoms with E-state index in [1.807, 2.05) is 0 Å². The molecular formula is C17H33N3O2. The van der Waals surface area contributed by atoms with Gasteiger partial charge in [-0.2, -0.15) is 0 Å². The fourth-order valence-electron chi connectivity index (χ4n) is 4.26. The molecule has 0 aliphatic heterocycles. The van der Waals surface area contributed by atoms with Crippen LogP contribution in [-0.2, 0) is 0 Å². The highest BCUT2D eigenvalue weighted by atomic mass is 16.3. The van der Waals surface area contributed by atoms with E-state index in [2.05, 4.69) is 36.6 Å². The van der Waals surface area contributed by atoms with Gasteiger partial charge in [-0.1, -0.05) is 32.6 Å². The zero-order chi connectivity index (χ0) is 16.2. The normalized spacial score (nSPS) is 31.2. The third-order valence-corrected chi connectivity index (χ3v) is 5.84. The van der Waals surface area contributed by atoms with Crippen LogP contribution in [0.15, 0.2) is 0 Å². The molecule has 2 aliphatic rings. The van der Waals surface area contributed by atoms with E-state index < -0.39 is 5.54 Å². The Morgan fingerprint density at radius 2 is 1.91 bits per heavy atom. The van der Waals surface area contributed by atoms with Gasteiger partial charge in [-0.05, 0) is 45.7 Å². The molecule has 2 rings (SSSR count). The topological polar surface area (TPSA) is 64.6 Å². The first-order valence-corrected chi connectivity index (χ1v) is 8.76. The predicted octanol–water partition coefficient (Wildman–Crippen LogP) is 2.10. The molecule has 0 radical (unpaired) electrons. The second-order valence-corrected chi connectivity index (χ2v) is 7.77. The molecular weight excluding hydrogens is 278 g/mol. The molecule has 0 heterocycles. The molecule has 5 nitrogen and oxygen atoms in total. The number of rotatable bonds is 5. The molecule has 0 bridgehead atoms. The van der Waals surface area contributed by atoms with E-state index in [4.69, 9.17) is 0 Å². The molecule has 0 aromatic carbocycles. The summed E-state index contributed by atoms with van der Waals surface area (Å²) >= 11 is 0. The number of aliphatic hydroxyl groups is 1. The van der Waals surface area contributed by atoms with Crippen LogP contribution in [0.5, 0.6) is 0 Å². The third kappa shape index (κ3) is 3.93. The second-order valence-electron chi connectivity index (χ2n) is 7.77. The highest BCUT2D eigenvalue weighted by Crippen LogP contribution is 2.35. The highest BCUT2D eigenvalue weighted by molar-refractivity contribution is 5.75. The Labute approximate surface area is 134 Å². The van der Waals surface area contributed by atoms with Crippen molar-refractivity contribution in [3.05, 3.63) is 0 Å². The van der Waals surface area contributed by atoms with Crippen molar-refractivity contribution in [3.63, 3.8) is 0 Å². The molecule has 2 unspecified atom stereocenters. The van der Waals surface area contributed by atoms with Crippen molar-refractivity contribution in [1.29, 1.82) is 0 Å². The first kappa shape index (κ1) is 17.5. The molecule has 3 N–H and O–H groups in total. The van der Waals surface area contributed by atoms with Crippen molar-refractivity contribution in [2.45, 2.75) is 69.4 Å². The monoisotopic (exact) mass is 311 g/mol. The Kier molecular flexibility index (Phi) is 5.72. The smallest absolute Gasteiger partial charge is 0.315 e. The largest absolute Gasteiger partial charge is 0.394 e. The summed E-state index contributed by atoms with van der Waals surface area (Å²) in [4.78, 5) is 14.6. The molecule has 22 heavy (non-hydrogen) atoms.